The Morgan fingerprint density at radius 3 is 2.29 bits per heavy atom. The maximum Gasteiger partial charge on any atom is 0.335 e. The van der Waals surface area contributed by atoms with Crippen molar-refractivity contribution in [3.05, 3.63) is 28.2 Å². The van der Waals surface area contributed by atoms with Crippen molar-refractivity contribution in [1.29, 1.82) is 0 Å². The third kappa shape index (κ3) is 3.48. The van der Waals surface area contributed by atoms with E-state index in [2.05, 4.69) is 29.8 Å². The molecule has 0 heterocycles. The molecule has 0 bridgehead atoms. The molecule has 1 aliphatic carbocycles. The molecular formula is C15H19BrO4S. The van der Waals surface area contributed by atoms with E-state index >= 15 is 0 Å². The lowest BCUT2D eigenvalue weighted by Crippen LogP contribution is -2.31. The normalized spacial score (nSPS) is 26.5. The monoisotopic (exact) mass is 374 g/mol. The molecule has 0 radical (unpaired) electrons. The molecule has 4 nitrogen and oxygen atoms in total. The predicted octanol–water partition coefficient (Wildman–Crippen LogP) is 3.75. The lowest BCUT2D eigenvalue weighted by molar-refractivity contribution is 0.0696. The fraction of sp³-hybridized carbons (Fsp3) is 0.533. The van der Waals surface area contributed by atoms with Crippen LogP contribution in [0, 0.1) is 11.8 Å². The van der Waals surface area contributed by atoms with Gasteiger partial charge in [-0.2, -0.15) is 0 Å². The molecule has 21 heavy (non-hydrogen) atoms. The summed E-state index contributed by atoms with van der Waals surface area (Å²) in [6, 6.07) is 4.15. The zero-order chi connectivity index (χ0) is 15.8. The second-order valence-electron chi connectivity index (χ2n) is 6.03. The van der Waals surface area contributed by atoms with Gasteiger partial charge in [0.15, 0.2) is 9.84 Å². The fourth-order valence-corrected chi connectivity index (χ4v) is 6.24. The van der Waals surface area contributed by atoms with E-state index in [0.717, 1.165) is 6.42 Å². The van der Waals surface area contributed by atoms with E-state index in [1.807, 2.05) is 0 Å². The Hall–Kier alpha value is -0.880. The fourth-order valence-electron chi connectivity index (χ4n) is 3.16. The third-order valence-corrected chi connectivity index (χ3v) is 7.23. The van der Waals surface area contributed by atoms with Crippen LogP contribution in [0.1, 0.15) is 43.5 Å². The number of hydrogen-bond donors (Lipinski definition) is 1. The average Bonchev–Trinajstić information content (AvgIpc) is 2.37. The Morgan fingerprint density at radius 2 is 1.76 bits per heavy atom. The zero-order valence-electron chi connectivity index (χ0n) is 12.0. The number of carbonyl (C=O) groups is 1. The van der Waals surface area contributed by atoms with Crippen LogP contribution >= 0.6 is 15.9 Å². The highest BCUT2D eigenvalue weighted by atomic mass is 79.9. The van der Waals surface area contributed by atoms with Gasteiger partial charge in [0.05, 0.1) is 15.7 Å². The summed E-state index contributed by atoms with van der Waals surface area (Å²) >= 11 is 3.24. The topological polar surface area (TPSA) is 71.4 Å². The number of benzene rings is 1. The van der Waals surface area contributed by atoms with Crippen molar-refractivity contribution < 1.29 is 18.3 Å². The molecule has 1 aromatic carbocycles. The summed E-state index contributed by atoms with van der Waals surface area (Å²) in [5.41, 5.74) is -0.00585. The number of carboxylic acids is 1. The van der Waals surface area contributed by atoms with E-state index < -0.39 is 21.1 Å². The van der Waals surface area contributed by atoms with Gasteiger partial charge in [0.1, 0.15) is 0 Å². The maximum absolute atomic E-state index is 12.9. The third-order valence-electron chi connectivity index (χ3n) is 4.06. The van der Waals surface area contributed by atoms with Crippen molar-refractivity contribution in [1.82, 2.24) is 0 Å². The van der Waals surface area contributed by atoms with E-state index in [0.29, 0.717) is 29.2 Å². The zero-order valence-corrected chi connectivity index (χ0v) is 14.4. The molecule has 1 N–H and O–H groups in total. The molecule has 1 saturated carbocycles. The molecular weight excluding hydrogens is 356 g/mol. The maximum atomic E-state index is 12.9. The summed E-state index contributed by atoms with van der Waals surface area (Å²) in [5.74, 6) is -0.380. The van der Waals surface area contributed by atoms with Gasteiger partial charge in [0, 0.05) is 4.47 Å². The predicted molar refractivity (Wildman–Crippen MR) is 84.3 cm³/mol. The van der Waals surface area contributed by atoms with Crippen LogP contribution in [0.5, 0.6) is 0 Å². The van der Waals surface area contributed by atoms with Gasteiger partial charge in [0.25, 0.3) is 0 Å². The number of hydrogen-bond acceptors (Lipinski definition) is 3. The largest absolute Gasteiger partial charge is 0.478 e. The van der Waals surface area contributed by atoms with Crippen LogP contribution in [-0.2, 0) is 9.84 Å². The molecule has 116 valence electrons. The molecule has 0 amide bonds. The number of halogens is 1. The van der Waals surface area contributed by atoms with Crippen LogP contribution in [-0.4, -0.2) is 24.7 Å². The second kappa shape index (κ2) is 6.08. The van der Waals surface area contributed by atoms with Crippen molar-refractivity contribution in [2.45, 2.75) is 43.3 Å². The SMILES string of the molecule is CC1CC(C)CC(S(=O)(=O)c2cc(C(=O)O)ccc2Br)C1. The highest BCUT2D eigenvalue weighted by Crippen LogP contribution is 2.37. The van der Waals surface area contributed by atoms with E-state index in [1.54, 1.807) is 0 Å². The highest BCUT2D eigenvalue weighted by molar-refractivity contribution is 9.10. The van der Waals surface area contributed by atoms with Crippen LogP contribution in [0.3, 0.4) is 0 Å². The standard InChI is InChI=1S/C15H19BrO4S/c1-9-5-10(2)7-12(6-9)21(19,20)14-8-11(15(17)18)3-4-13(14)16/h3-4,8-10,12H,5-7H2,1-2H3,(H,17,18). The van der Waals surface area contributed by atoms with Gasteiger partial charge in [-0.3, -0.25) is 0 Å². The summed E-state index contributed by atoms with van der Waals surface area (Å²) in [6.07, 6.45) is 2.31. The first-order chi connectivity index (χ1) is 9.71. The Bertz CT molecular complexity index is 644. The molecule has 1 aliphatic rings. The number of aromatic carboxylic acids is 1. The first kappa shape index (κ1) is 16.5. The summed E-state index contributed by atoms with van der Waals surface area (Å²) in [5, 5.41) is 8.62. The Kier molecular flexibility index (Phi) is 4.78. The smallest absolute Gasteiger partial charge is 0.335 e. The van der Waals surface area contributed by atoms with E-state index in [-0.39, 0.29) is 10.5 Å². The van der Waals surface area contributed by atoms with Crippen LogP contribution in [0.4, 0.5) is 0 Å². The van der Waals surface area contributed by atoms with Gasteiger partial charge in [-0.1, -0.05) is 13.8 Å². The molecule has 2 rings (SSSR count). The molecule has 6 heteroatoms. The van der Waals surface area contributed by atoms with Gasteiger partial charge in [-0.25, -0.2) is 13.2 Å². The van der Waals surface area contributed by atoms with Gasteiger partial charge in [0.2, 0.25) is 0 Å². The molecule has 0 aromatic heterocycles. The molecule has 1 fully saturated rings. The minimum Gasteiger partial charge on any atom is -0.478 e. The van der Waals surface area contributed by atoms with Crippen molar-refractivity contribution in [2.24, 2.45) is 11.8 Å². The Labute approximate surface area is 133 Å². The molecule has 2 unspecified atom stereocenters. The minimum atomic E-state index is -3.52. The quantitative estimate of drug-likeness (QED) is 0.874. The average molecular weight is 375 g/mol. The first-order valence-electron chi connectivity index (χ1n) is 6.98. The minimum absolute atomic E-state index is 0.00585. The van der Waals surface area contributed by atoms with Crippen LogP contribution in [0.2, 0.25) is 0 Å². The van der Waals surface area contributed by atoms with E-state index in [4.69, 9.17) is 5.11 Å². The second-order valence-corrected chi connectivity index (χ2v) is 9.09. The summed E-state index contributed by atoms with van der Waals surface area (Å²) in [6.45, 7) is 4.14. The number of rotatable bonds is 3. The van der Waals surface area contributed by atoms with Gasteiger partial charge < -0.3 is 5.11 Å². The van der Waals surface area contributed by atoms with E-state index in [1.165, 1.54) is 18.2 Å². The molecule has 2 atom stereocenters. The van der Waals surface area contributed by atoms with Crippen molar-refractivity contribution in [3.8, 4) is 0 Å². The highest BCUT2D eigenvalue weighted by Gasteiger charge is 2.35. The van der Waals surface area contributed by atoms with Crippen molar-refractivity contribution in [3.63, 3.8) is 0 Å². The summed E-state index contributed by atoms with van der Waals surface area (Å²) in [4.78, 5) is 11.2. The molecule has 0 saturated heterocycles. The Morgan fingerprint density at radius 1 is 1.19 bits per heavy atom. The van der Waals surface area contributed by atoms with Gasteiger partial charge >= 0.3 is 5.97 Å². The van der Waals surface area contributed by atoms with Crippen molar-refractivity contribution >= 4 is 31.7 Å². The lowest BCUT2D eigenvalue weighted by atomic mass is 9.83. The van der Waals surface area contributed by atoms with E-state index in [9.17, 15) is 13.2 Å². The van der Waals surface area contributed by atoms with Crippen LogP contribution in [0.15, 0.2) is 27.6 Å². The Balaban J connectivity index is 2.44. The molecule has 0 spiro atoms. The van der Waals surface area contributed by atoms with Crippen LogP contribution in [0.25, 0.3) is 0 Å². The van der Waals surface area contributed by atoms with Gasteiger partial charge in [-0.05, 0) is 65.2 Å². The molecule has 1 aromatic rings. The molecule has 0 aliphatic heterocycles. The number of sulfone groups is 1. The summed E-state index contributed by atoms with van der Waals surface area (Å²) in [7, 11) is -3.52. The van der Waals surface area contributed by atoms with Gasteiger partial charge in [-0.15, -0.1) is 0 Å². The lowest BCUT2D eigenvalue weighted by Gasteiger charge is -2.31. The summed E-state index contributed by atoms with van der Waals surface area (Å²) < 4.78 is 26.1. The van der Waals surface area contributed by atoms with Crippen molar-refractivity contribution in [2.75, 3.05) is 0 Å². The number of carboxylic acid groups (broad SMARTS) is 1. The first-order valence-corrected chi connectivity index (χ1v) is 9.32. The van der Waals surface area contributed by atoms with Crippen LogP contribution < -0.4 is 0 Å².